The maximum Gasteiger partial charge on any atom is 0.433 e. The molecule has 1 aliphatic rings. The van der Waals surface area contributed by atoms with Gasteiger partial charge in [0.25, 0.3) is 5.91 Å². The molecule has 4 heterocycles. The molecule has 2 N–H and O–H groups in total. The van der Waals surface area contributed by atoms with Gasteiger partial charge in [-0.05, 0) is 24.1 Å². The van der Waals surface area contributed by atoms with Crippen molar-refractivity contribution in [2.24, 2.45) is 0 Å². The Balaban J connectivity index is 1.71. The van der Waals surface area contributed by atoms with Crippen molar-refractivity contribution in [1.29, 1.82) is 0 Å². The lowest BCUT2D eigenvalue weighted by Crippen LogP contribution is -2.58. The van der Waals surface area contributed by atoms with Gasteiger partial charge in [0.05, 0.1) is 18.3 Å². The minimum atomic E-state index is -4.59. The van der Waals surface area contributed by atoms with Crippen LogP contribution < -0.4 is 5.32 Å². The van der Waals surface area contributed by atoms with Gasteiger partial charge < -0.3 is 15.2 Å². The molecule has 2 atom stereocenters. The van der Waals surface area contributed by atoms with E-state index >= 15 is 0 Å². The molecule has 1 amide bonds. The Kier molecular flexibility index (Phi) is 4.94. The fourth-order valence-electron chi connectivity index (χ4n) is 3.52. The van der Waals surface area contributed by atoms with Crippen LogP contribution in [0.25, 0.3) is 5.65 Å². The van der Waals surface area contributed by atoms with Crippen LogP contribution in [0.5, 0.6) is 0 Å². The zero-order valence-electron chi connectivity index (χ0n) is 15.8. The summed E-state index contributed by atoms with van der Waals surface area (Å²) in [5, 5.41) is 17.6. The second-order valence-electron chi connectivity index (χ2n) is 7.15. The quantitative estimate of drug-likeness (QED) is 0.670. The van der Waals surface area contributed by atoms with Crippen LogP contribution in [0.3, 0.4) is 0 Å². The number of alkyl halides is 3. The van der Waals surface area contributed by atoms with Gasteiger partial charge in [-0.25, -0.2) is 9.50 Å². The lowest BCUT2D eigenvalue weighted by molar-refractivity contribution is -0.141. The van der Waals surface area contributed by atoms with Crippen molar-refractivity contribution in [1.82, 2.24) is 24.9 Å². The normalized spacial score (nSPS) is 22.2. The summed E-state index contributed by atoms with van der Waals surface area (Å²) in [6.07, 6.45) is 0.0374. The number of aliphatic hydroxyl groups is 1. The van der Waals surface area contributed by atoms with Gasteiger partial charge in [0, 0.05) is 31.6 Å². The average Bonchev–Trinajstić information content (AvgIpc) is 3.12. The number of ether oxygens (including phenoxy) is 1. The van der Waals surface area contributed by atoms with Crippen LogP contribution in [-0.2, 0) is 16.5 Å². The van der Waals surface area contributed by atoms with Crippen LogP contribution >= 0.6 is 0 Å². The summed E-state index contributed by atoms with van der Waals surface area (Å²) in [7, 11) is 0. The van der Waals surface area contributed by atoms with Gasteiger partial charge in [-0.1, -0.05) is 6.07 Å². The molecule has 0 saturated carbocycles. The van der Waals surface area contributed by atoms with E-state index in [9.17, 15) is 23.1 Å². The molecule has 0 spiro atoms. The van der Waals surface area contributed by atoms with Crippen LogP contribution in [0.1, 0.15) is 33.6 Å². The fraction of sp³-hybridized carbons (Fsp3) is 0.368. The Morgan fingerprint density at radius 2 is 2.10 bits per heavy atom. The Bertz CT molecular complexity index is 1080. The molecule has 158 valence electrons. The van der Waals surface area contributed by atoms with Crippen molar-refractivity contribution in [3.63, 3.8) is 0 Å². The van der Waals surface area contributed by atoms with Crippen LogP contribution in [0.2, 0.25) is 0 Å². The summed E-state index contributed by atoms with van der Waals surface area (Å²) in [5.41, 5.74) is -0.833. The molecule has 8 nitrogen and oxygen atoms in total. The van der Waals surface area contributed by atoms with Gasteiger partial charge in [0.2, 0.25) is 0 Å². The van der Waals surface area contributed by atoms with Crippen molar-refractivity contribution in [3.05, 3.63) is 59.3 Å². The number of halogens is 3. The Morgan fingerprint density at radius 3 is 2.77 bits per heavy atom. The molecule has 0 aliphatic carbocycles. The van der Waals surface area contributed by atoms with Gasteiger partial charge >= 0.3 is 6.18 Å². The standard InChI is InChI=1S/C19H18F3N5O3/c1-11-6-24-16-13(8-25-27(16)9-11)17(29)26-18(4-5-30-10-15(18)28)12-2-3-14(23-7-12)19(20,21)22/h2-3,6-9,15,28H,4-5,10H2,1H3,(H,26,29)/t15-,18-/m1/s1. The van der Waals surface area contributed by atoms with Crippen LogP contribution in [-0.4, -0.2) is 49.9 Å². The van der Waals surface area contributed by atoms with Crippen molar-refractivity contribution in [3.8, 4) is 0 Å². The summed E-state index contributed by atoms with van der Waals surface area (Å²) < 4.78 is 45.4. The fourth-order valence-corrected chi connectivity index (χ4v) is 3.52. The second kappa shape index (κ2) is 7.33. The smallest absolute Gasteiger partial charge is 0.388 e. The van der Waals surface area contributed by atoms with Crippen LogP contribution in [0, 0.1) is 6.92 Å². The molecule has 11 heteroatoms. The highest BCUT2D eigenvalue weighted by molar-refractivity contribution is 6.00. The number of amides is 1. The molecular weight excluding hydrogens is 403 g/mol. The largest absolute Gasteiger partial charge is 0.433 e. The molecule has 1 saturated heterocycles. The molecule has 1 aliphatic heterocycles. The Morgan fingerprint density at radius 1 is 1.30 bits per heavy atom. The van der Waals surface area contributed by atoms with Crippen molar-refractivity contribution in [2.75, 3.05) is 13.2 Å². The predicted octanol–water partition coefficient (Wildman–Crippen LogP) is 1.86. The molecule has 30 heavy (non-hydrogen) atoms. The summed E-state index contributed by atoms with van der Waals surface area (Å²) in [5.74, 6) is -0.567. The number of hydrogen-bond acceptors (Lipinski definition) is 6. The van der Waals surface area contributed by atoms with Gasteiger partial charge in [0.15, 0.2) is 5.65 Å². The van der Waals surface area contributed by atoms with Gasteiger partial charge in [-0.3, -0.25) is 9.78 Å². The number of nitrogens with zero attached hydrogens (tertiary/aromatic N) is 4. The third-order valence-corrected chi connectivity index (χ3v) is 5.12. The van der Waals surface area contributed by atoms with E-state index in [0.717, 1.165) is 17.8 Å². The number of hydrogen-bond donors (Lipinski definition) is 2. The van der Waals surface area contributed by atoms with E-state index in [-0.39, 0.29) is 30.8 Å². The van der Waals surface area contributed by atoms with Crippen molar-refractivity contribution >= 4 is 11.6 Å². The number of aryl methyl sites for hydroxylation is 1. The third-order valence-electron chi connectivity index (χ3n) is 5.12. The average molecular weight is 421 g/mol. The number of carbonyl (C=O) groups excluding carboxylic acids is 1. The number of aliphatic hydroxyl groups excluding tert-OH is 1. The summed E-state index contributed by atoms with van der Waals surface area (Å²) in [6, 6.07) is 2.04. The van der Waals surface area contributed by atoms with E-state index in [4.69, 9.17) is 4.74 Å². The topological polar surface area (TPSA) is 102 Å². The molecule has 0 bridgehead atoms. The molecule has 1 fully saturated rings. The van der Waals surface area contributed by atoms with Gasteiger partial charge in [-0.15, -0.1) is 0 Å². The van der Waals surface area contributed by atoms with Crippen LogP contribution in [0.15, 0.2) is 36.9 Å². The number of rotatable bonds is 3. The number of carbonyl (C=O) groups is 1. The van der Waals surface area contributed by atoms with Crippen LogP contribution in [0.4, 0.5) is 13.2 Å². The van der Waals surface area contributed by atoms with Crippen molar-refractivity contribution in [2.45, 2.75) is 31.2 Å². The second-order valence-corrected chi connectivity index (χ2v) is 7.15. The summed E-state index contributed by atoms with van der Waals surface area (Å²) >= 11 is 0. The number of fused-ring (bicyclic) bond motifs is 1. The van der Waals surface area contributed by atoms with E-state index in [1.165, 1.54) is 16.8 Å². The first kappa shape index (κ1) is 20.2. The molecule has 4 rings (SSSR count). The molecular formula is C19H18F3N5O3. The third kappa shape index (κ3) is 3.50. The first-order chi connectivity index (χ1) is 14.2. The predicted molar refractivity (Wildman–Crippen MR) is 97.6 cm³/mol. The SMILES string of the molecule is Cc1cnc2c(C(=O)N[C@@]3(c4ccc(C(F)(F)F)nc4)CCOC[C@H]3O)cnn2c1. The van der Waals surface area contributed by atoms with Crippen molar-refractivity contribution < 1.29 is 27.8 Å². The summed E-state index contributed by atoms with van der Waals surface area (Å²) in [6.45, 7) is 1.94. The molecule has 0 unspecified atom stereocenters. The van der Waals surface area contributed by atoms with E-state index in [2.05, 4.69) is 20.4 Å². The van der Waals surface area contributed by atoms with E-state index < -0.39 is 29.4 Å². The molecule has 0 aromatic carbocycles. The molecule has 0 radical (unpaired) electrons. The van der Waals surface area contributed by atoms with E-state index in [1.807, 2.05) is 6.92 Å². The molecule has 3 aromatic heterocycles. The highest BCUT2D eigenvalue weighted by atomic mass is 19.4. The maximum absolute atomic E-state index is 13.1. The number of nitrogens with one attached hydrogen (secondary N) is 1. The minimum Gasteiger partial charge on any atom is -0.388 e. The van der Waals surface area contributed by atoms with E-state index in [1.54, 1.807) is 12.4 Å². The number of pyridine rings is 1. The Labute approximate surface area is 168 Å². The highest BCUT2D eigenvalue weighted by Gasteiger charge is 2.45. The lowest BCUT2D eigenvalue weighted by atomic mass is 9.81. The maximum atomic E-state index is 13.1. The summed E-state index contributed by atoms with van der Waals surface area (Å²) in [4.78, 5) is 20.8. The van der Waals surface area contributed by atoms with Gasteiger partial charge in [0.1, 0.15) is 17.4 Å². The Hall–Kier alpha value is -3.05. The number of aromatic nitrogens is 4. The molecule has 3 aromatic rings. The minimum absolute atomic E-state index is 0.0898. The van der Waals surface area contributed by atoms with Gasteiger partial charge in [-0.2, -0.15) is 18.3 Å². The first-order valence-electron chi connectivity index (χ1n) is 9.13. The zero-order chi connectivity index (χ0) is 21.5. The highest BCUT2D eigenvalue weighted by Crippen LogP contribution is 2.35. The zero-order valence-corrected chi connectivity index (χ0v) is 15.8. The lowest BCUT2D eigenvalue weighted by Gasteiger charge is -2.42. The monoisotopic (exact) mass is 421 g/mol. The first-order valence-corrected chi connectivity index (χ1v) is 9.13. The van der Waals surface area contributed by atoms with E-state index in [0.29, 0.717) is 5.65 Å².